The fourth-order valence-corrected chi connectivity index (χ4v) is 6.37. The number of hydrogen-bond donors (Lipinski definition) is 3. The molecule has 12 nitrogen and oxygen atoms in total. The molecule has 2 aliphatic heterocycles. The predicted molar refractivity (Wildman–Crippen MR) is 158 cm³/mol. The second-order valence-corrected chi connectivity index (χ2v) is 13.2. The Morgan fingerprint density at radius 3 is 2.44 bits per heavy atom. The molecule has 244 valence electrons. The summed E-state index contributed by atoms with van der Waals surface area (Å²) >= 11 is 0. The Morgan fingerprint density at radius 2 is 1.81 bits per heavy atom. The van der Waals surface area contributed by atoms with Crippen molar-refractivity contribution < 1.29 is 52.1 Å². The zero-order valence-corrected chi connectivity index (χ0v) is 26.9. The Kier molecular flexibility index (Phi) is 13.2. The van der Waals surface area contributed by atoms with E-state index >= 15 is 0 Å². The molecule has 0 radical (unpaired) electrons. The molecule has 0 spiro atoms. The van der Waals surface area contributed by atoms with Crippen LogP contribution in [-0.4, -0.2) is 76.7 Å². The number of rotatable bonds is 7. The number of ether oxygens (including phenoxy) is 4. The van der Waals surface area contributed by atoms with Crippen molar-refractivity contribution in [2.24, 2.45) is 11.8 Å². The van der Waals surface area contributed by atoms with Crippen LogP contribution >= 0.6 is 7.82 Å². The van der Waals surface area contributed by atoms with Gasteiger partial charge in [-0.15, -0.1) is 0 Å². The lowest BCUT2D eigenvalue weighted by atomic mass is 9.87. The van der Waals surface area contributed by atoms with Gasteiger partial charge in [0.15, 0.2) is 0 Å². The highest BCUT2D eigenvalue weighted by molar-refractivity contribution is 7.46. The van der Waals surface area contributed by atoms with E-state index in [0.717, 1.165) is 11.1 Å². The molecule has 3 N–H and O–H groups in total. The molecular weight excluding hydrogens is 581 g/mol. The first-order chi connectivity index (χ1) is 20.2. The summed E-state index contributed by atoms with van der Waals surface area (Å²) < 4.78 is 46.0. The molecule has 2 fully saturated rings. The Morgan fingerprint density at radius 1 is 1.14 bits per heavy atom. The summed E-state index contributed by atoms with van der Waals surface area (Å²) in [5.41, 5.74) is 2.23. The topological polar surface area (TPSA) is 167 Å². The molecule has 0 aromatic carbocycles. The van der Waals surface area contributed by atoms with E-state index in [0.29, 0.717) is 30.8 Å². The summed E-state index contributed by atoms with van der Waals surface area (Å²) in [4.78, 5) is 37.2. The van der Waals surface area contributed by atoms with Gasteiger partial charge in [-0.25, -0.2) is 9.55 Å². The number of phosphoric acid groups is 1. The number of nitrogens with zero attached hydrogens (tertiary/aromatic N) is 1. The second kappa shape index (κ2) is 15.9. The number of fused-ring (bicyclic) bond motifs is 2. The van der Waals surface area contributed by atoms with Crippen LogP contribution in [-0.2, 0) is 32.8 Å². The maximum Gasteiger partial charge on any atom is 0.469 e. The van der Waals surface area contributed by atoms with Crippen LogP contribution in [0.4, 0.5) is 0 Å². The number of esters is 1. The second-order valence-electron chi connectivity index (χ2n) is 12.0. The first-order valence-corrected chi connectivity index (χ1v) is 16.3. The standard InChI is InChI=1S/C30H48NO11P/c1-17-8-24-13-22(32)12-23(38-7)14-28(26-16-39-29(31-26)11-18(2)21(5)37-6)41-30(33)20(4)10-19(3)27(42-43(34,35)36)15-25(9-17)40-24/h11,16,19-25,27-28,32H,1,8-10,12-15H2,2-7H3,(H2,34,35,36)/b18-11-/t19-,20-,21+,22+,23-,24-,25+,27-,28-/m0/s1. The van der Waals surface area contributed by atoms with E-state index in [1.807, 2.05) is 13.8 Å². The highest BCUT2D eigenvalue weighted by Gasteiger charge is 2.36. The van der Waals surface area contributed by atoms with Gasteiger partial charge >= 0.3 is 13.8 Å². The Bertz CT molecular complexity index is 1150. The monoisotopic (exact) mass is 629 g/mol. The third-order valence-corrected chi connectivity index (χ3v) is 8.85. The fourth-order valence-electron chi connectivity index (χ4n) is 5.72. The third kappa shape index (κ3) is 11.2. The summed E-state index contributed by atoms with van der Waals surface area (Å²) in [5.74, 6) is -1.24. The van der Waals surface area contributed by atoms with Crippen LogP contribution in [0.15, 0.2) is 28.4 Å². The first kappa shape index (κ1) is 35.6. The van der Waals surface area contributed by atoms with Crippen LogP contribution in [0.1, 0.15) is 90.3 Å². The zero-order chi connectivity index (χ0) is 31.9. The number of carbonyl (C=O) groups excluding carboxylic acids is 1. The van der Waals surface area contributed by atoms with Gasteiger partial charge < -0.3 is 38.3 Å². The smallest absolute Gasteiger partial charge is 0.455 e. The van der Waals surface area contributed by atoms with Gasteiger partial charge in [0.05, 0.1) is 42.5 Å². The molecule has 1 aromatic rings. The predicted octanol–water partition coefficient (Wildman–Crippen LogP) is 4.89. The minimum Gasteiger partial charge on any atom is -0.455 e. The van der Waals surface area contributed by atoms with Crippen molar-refractivity contribution in [1.29, 1.82) is 0 Å². The number of oxazole rings is 1. The van der Waals surface area contributed by atoms with Crippen LogP contribution in [0.25, 0.3) is 6.08 Å². The number of aliphatic hydroxyl groups excluding tert-OH is 1. The van der Waals surface area contributed by atoms with Crippen LogP contribution in [0.5, 0.6) is 0 Å². The summed E-state index contributed by atoms with van der Waals surface area (Å²) in [6.07, 6.45) is 1.65. The molecule has 2 saturated heterocycles. The zero-order valence-electron chi connectivity index (χ0n) is 26.0. The Hall–Kier alpha value is -1.89. The van der Waals surface area contributed by atoms with E-state index in [2.05, 4.69) is 11.6 Å². The fraction of sp³-hybridized carbons (Fsp3) is 0.733. The van der Waals surface area contributed by atoms with Crippen molar-refractivity contribution in [1.82, 2.24) is 4.98 Å². The minimum atomic E-state index is -4.83. The lowest BCUT2D eigenvalue weighted by molar-refractivity contribution is -0.157. The number of hydrogen-bond acceptors (Lipinski definition) is 10. The molecule has 2 bridgehead atoms. The van der Waals surface area contributed by atoms with E-state index in [4.69, 9.17) is 27.9 Å². The molecule has 0 amide bonds. The summed E-state index contributed by atoms with van der Waals surface area (Å²) in [7, 11) is -1.68. The van der Waals surface area contributed by atoms with Crippen LogP contribution in [0, 0.1) is 11.8 Å². The molecule has 0 aliphatic carbocycles. The van der Waals surface area contributed by atoms with Gasteiger partial charge in [0, 0.05) is 33.1 Å². The quantitative estimate of drug-likeness (QED) is 0.213. The molecule has 3 rings (SSSR count). The van der Waals surface area contributed by atoms with Gasteiger partial charge in [-0.3, -0.25) is 9.32 Å². The molecule has 9 atom stereocenters. The van der Waals surface area contributed by atoms with Gasteiger partial charge in [-0.05, 0) is 57.4 Å². The lowest BCUT2D eigenvalue weighted by Gasteiger charge is -2.36. The molecule has 13 heteroatoms. The maximum atomic E-state index is 13.4. The Labute approximate surface area is 254 Å². The number of phosphoric ester groups is 1. The highest BCUT2D eigenvalue weighted by Crippen LogP contribution is 2.43. The average molecular weight is 630 g/mol. The highest BCUT2D eigenvalue weighted by atomic mass is 31.2. The largest absolute Gasteiger partial charge is 0.469 e. The molecule has 1 aromatic heterocycles. The molecule has 0 unspecified atom stereocenters. The molecule has 0 saturated carbocycles. The van der Waals surface area contributed by atoms with Crippen LogP contribution < -0.4 is 0 Å². The van der Waals surface area contributed by atoms with Crippen molar-refractivity contribution >= 4 is 19.9 Å². The van der Waals surface area contributed by atoms with Gasteiger partial charge in [0.25, 0.3) is 0 Å². The van der Waals surface area contributed by atoms with Crippen molar-refractivity contribution in [3.63, 3.8) is 0 Å². The van der Waals surface area contributed by atoms with E-state index in [-0.39, 0.29) is 37.9 Å². The normalized spacial score (nSPS) is 33.2. The summed E-state index contributed by atoms with van der Waals surface area (Å²) in [5, 5.41) is 11.0. The van der Waals surface area contributed by atoms with E-state index in [1.54, 1.807) is 34.1 Å². The summed E-state index contributed by atoms with van der Waals surface area (Å²) in [6, 6.07) is 0. The molecule has 2 aliphatic rings. The number of aliphatic hydroxyl groups is 1. The first-order valence-electron chi connectivity index (χ1n) is 14.8. The summed E-state index contributed by atoms with van der Waals surface area (Å²) in [6.45, 7) is 11.4. The number of aromatic nitrogens is 1. The third-order valence-electron chi connectivity index (χ3n) is 8.30. The van der Waals surface area contributed by atoms with Gasteiger partial charge in [-0.2, -0.15) is 0 Å². The molecule has 3 heterocycles. The SMILES string of the molecule is C=C1C[C@@H]2C[C@H](OP(=O)(O)O)[C@@H](C)C[C@H](C)C(=O)O[C@H](c3coc(/C=C(/C)[C@@H](C)OC)n3)C[C@@H](OC)C[C@@H](O)C[C@H](C1)O2. The van der Waals surface area contributed by atoms with Gasteiger partial charge in [-0.1, -0.05) is 26.0 Å². The van der Waals surface area contributed by atoms with E-state index < -0.39 is 56.1 Å². The van der Waals surface area contributed by atoms with E-state index in [9.17, 15) is 24.3 Å². The van der Waals surface area contributed by atoms with E-state index in [1.165, 1.54) is 6.26 Å². The molecule has 43 heavy (non-hydrogen) atoms. The number of cyclic esters (lactones) is 1. The van der Waals surface area contributed by atoms with Gasteiger partial charge in [0.1, 0.15) is 18.1 Å². The Balaban J connectivity index is 1.92. The number of methoxy groups -OCH3 is 2. The maximum absolute atomic E-state index is 13.4. The van der Waals surface area contributed by atoms with Crippen molar-refractivity contribution in [3.8, 4) is 0 Å². The van der Waals surface area contributed by atoms with Crippen LogP contribution in [0.3, 0.4) is 0 Å². The van der Waals surface area contributed by atoms with Crippen molar-refractivity contribution in [3.05, 3.63) is 35.6 Å². The minimum absolute atomic E-state index is 0.142. The van der Waals surface area contributed by atoms with Crippen molar-refractivity contribution in [2.75, 3.05) is 14.2 Å². The molecular formula is C30H48NO11P. The lowest BCUT2D eigenvalue weighted by Crippen LogP contribution is -2.37. The van der Waals surface area contributed by atoms with Gasteiger partial charge in [0.2, 0.25) is 5.89 Å². The average Bonchev–Trinajstić information content (AvgIpc) is 3.37. The van der Waals surface area contributed by atoms with Crippen LogP contribution in [0.2, 0.25) is 0 Å². The van der Waals surface area contributed by atoms with Crippen molar-refractivity contribution in [2.45, 2.75) is 115 Å². The number of carbonyl (C=O) groups is 1.